The second-order valence-electron chi connectivity index (χ2n) is 6.92. The predicted molar refractivity (Wildman–Crippen MR) is 113 cm³/mol. The number of thiophene rings is 1. The molecule has 8 heteroatoms. The van der Waals surface area contributed by atoms with Crippen molar-refractivity contribution in [1.82, 2.24) is 25.4 Å². The lowest BCUT2D eigenvalue weighted by Gasteiger charge is -2.18. The number of nitrogens with one attached hydrogen (secondary N) is 2. The molecule has 0 spiro atoms. The van der Waals surface area contributed by atoms with Crippen molar-refractivity contribution in [2.75, 3.05) is 13.1 Å². The van der Waals surface area contributed by atoms with E-state index in [1.165, 1.54) is 17.3 Å². The maximum Gasteiger partial charge on any atom is 0.233 e. The number of amides is 1. The molecule has 0 aliphatic carbocycles. The third-order valence-electron chi connectivity index (χ3n) is 4.74. The molecule has 2 aromatic heterocycles. The Morgan fingerprint density at radius 3 is 3.00 bits per heavy atom. The number of carbonyl (C=O) groups is 1. The molecule has 6 nitrogen and oxygen atoms in total. The number of nitrogens with zero attached hydrogens (tertiary/aromatic N) is 3. The maximum atomic E-state index is 12.6. The Balaban J connectivity index is 1.26. The molecule has 1 aliphatic rings. The summed E-state index contributed by atoms with van der Waals surface area (Å²) in [6.45, 7) is 4.73. The molecule has 146 valence electrons. The van der Waals surface area contributed by atoms with Gasteiger partial charge in [-0.05, 0) is 30.4 Å². The molecule has 0 radical (unpaired) electrons. The summed E-state index contributed by atoms with van der Waals surface area (Å²) < 4.78 is 0. The minimum absolute atomic E-state index is 0.0408. The SMILES string of the molecule is CC(Sc1n[nH]c(-c2cccs2)n1)C(=O)NC1CCN(Cc2ccccc2)C1. The minimum Gasteiger partial charge on any atom is -0.351 e. The highest BCUT2D eigenvalue weighted by Gasteiger charge is 2.26. The molecule has 3 heterocycles. The fraction of sp³-hybridized carbons (Fsp3) is 0.350. The molecule has 2 N–H and O–H groups in total. The van der Waals surface area contributed by atoms with Gasteiger partial charge in [-0.25, -0.2) is 4.98 Å². The van der Waals surface area contributed by atoms with Gasteiger partial charge in [-0.1, -0.05) is 48.2 Å². The van der Waals surface area contributed by atoms with Crippen molar-refractivity contribution in [2.24, 2.45) is 0 Å². The largest absolute Gasteiger partial charge is 0.351 e. The van der Waals surface area contributed by atoms with E-state index in [0.717, 1.165) is 36.8 Å². The van der Waals surface area contributed by atoms with Crippen LogP contribution in [0, 0.1) is 0 Å². The van der Waals surface area contributed by atoms with Gasteiger partial charge in [0.15, 0.2) is 5.82 Å². The smallest absolute Gasteiger partial charge is 0.233 e. The van der Waals surface area contributed by atoms with E-state index in [9.17, 15) is 4.79 Å². The average molecular weight is 414 g/mol. The summed E-state index contributed by atoms with van der Waals surface area (Å²) in [5.41, 5.74) is 1.31. The van der Waals surface area contributed by atoms with Gasteiger partial charge in [0.25, 0.3) is 0 Å². The van der Waals surface area contributed by atoms with Crippen LogP contribution in [0.25, 0.3) is 10.7 Å². The lowest BCUT2D eigenvalue weighted by atomic mass is 10.2. The van der Waals surface area contributed by atoms with Crippen LogP contribution in [0.5, 0.6) is 0 Å². The van der Waals surface area contributed by atoms with E-state index in [2.05, 4.69) is 49.7 Å². The van der Waals surface area contributed by atoms with E-state index < -0.39 is 0 Å². The Bertz CT molecular complexity index is 896. The highest BCUT2D eigenvalue weighted by molar-refractivity contribution is 8.00. The van der Waals surface area contributed by atoms with Crippen molar-refractivity contribution >= 4 is 29.0 Å². The molecule has 0 saturated carbocycles. The van der Waals surface area contributed by atoms with E-state index in [1.54, 1.807) is 11.3 Å². The minimum atomic E-state index is -0.241. The first-order chi connectivity index (χ1) is 13.7. The normalized spacial score (nSPS) is 18.2. The summed E-state index contributed by atoms with van der Waals surface area (Å²) in [4.78, 5) is 20.5. The Morgan fingerprint density at radius 1 is 1.36 bits per heavy atom. The number of benzene rings is 1. The topological polar surface area (TPSA) is 73.9 Å². The maximum absolute atomic E-state index is 12.6. The van der Waals surface area contributed by atoms with Gasteiger partial charge in [0.2, 0.25) is 11.1 Å². The van der Waals surface area contributed by atoms with E-state index in [4.69, 9.17) is 0 Å². The number of H-pyrrole nitrogens is 1. The van der Waals surface area contributed by atoms with Crippen LogP contribution in [0.2, 0.25) is 0 Å². The standard InChI is InChI=1S/C20H23N5OS2/c1-14(28-20-22-18(23-24-20)17-8-5-11-27-17)19(26)21-16-9-10-25(13-16)12-15-6-3-2-4-7-15/h2-8,11,14,16H,9-10,12-13H2,1H3,(H,21,26)(H,22,23,24). The molecule has 1 saturated heterocycles. The molecule has 1 amide bonds. The van der Waals surface area contributed by atoms with Gasteiger partial charge in [0.05, 0.1) is 10.1 Å². The second kappa shape index (κ2) is 8.89. The van der Waals surface area contributed by atoms with Crippen LogP contribution >= 0.6 is 23.1 Å². The summed E-state index contributed by atoms with van der Waals surface area (Å²) in [5.74, 6) is 0.788. The molecule has 1 aliphatic heterocycles. The fourth-order valence-corrected chi connectivity index (χ4v) is 4.69. The van der Waals surface area contributed by atoms with Crippen LogP contribution in [0.3, 0.4) is 0 Å². The molecular formula is C20H23N5OS2. The van der Waals surface area contributed by atoms with Crippen molar-refractivity contribution in [1.29, 1.82) is 0 Å². The van der Waals surface area contributed by atoms with E-state index in [1.807, 2.05) is 30.5 Å². The average Bonchev–Trinajstić information content (AvgIpc) is 3.44. The summed E-state index contributed by atoms with van der Waals surface area (Å²) in [7, 11) is 0. The van der Waals surface area contributed by atoms with E-state index in [0.29, 0.717) is 5.16 Å². The highest BCUT2D eigenvalue weighted by atomic mass is 32.2. The van der Waals surface area contributed by atoms with Gasteiger partial charge in [0, 0.05) is 25.7 Å². The van der Waals surface area contributed by atoms with Crippen molar-refractivity contribution in [3.05, 3.63) is 53.4 Å². The van der Waals surface area contributed by atoms with Gasteiger partial charge in [-0.3, -0.25) is 14.8 Å². The van der Waals surface area contributed by atoms with Gasteiger partial charge in [-0.15, -0.1) is 16.4 Å². The lowest BCUT2D eigenvalue weighted by Crippen LogP contribution is -2.40. The predicted octanol–water partition coefficient (Wildman–Crippen LogP) is 3.40. The molecule has 1 aromatic carbocycles. The van der Waals surface area contributed by atoms with E-state index in [-0.39, 0.29) is 17.2 Å². The van der Waals surface area contributed by atoms with Crippen molar-refractivity contribution in [3.8, 4) is 10.7 Å². The molecule has 1 fully saturated rings. The number of hydrogen-bond donors (Lipinski definition) is 2. The zero-order valence-corrected chi connectivity index (χ0v) is 17.3. The van der Waals surface area contributed by atoms with Gasteiger partial charge >= 0.3 is 0 Å². The van der Waals surface area contributed by atoms with Crippen LogP contribution < -0.4 is 5.32 Å². The second-order valence-corrected chi connectivity index (χ2v) is 9.17. The monoisotopic (exact) mass is 413 g/mol. The molecule has 0 bridgehead atoms. The van der Waals surface area contributed by atoms with Gasteiger partial charge < -0.3 is 5.32 Å². The van der Waals surface area contributed by atoms with Crippen molar-refractivity contribution < 1.29 is 4.79 Å². The van der Waals surface area contributed by atoms with Crippen LogP contribution in [0.4, 0.5) is 0 Å². The molecule has 3 aromatic rings. The molecule has 2 unspecified atom stereocenters. The van der Waals surface area contributed by atoms with Crippen molar-refractivity contribution in [2.45, 2.75) is 36.3 Å². The van der Waals surface area contributed by atoms with Crippen LogP contribution in [-0.4, -0.2) is 50.4 Å². The summed E-state index contributed by atoms with van der Waals surface area (Å²) >= 11 is 2.99. The Hall–Kier alpha value is -2.16. The van der Waals surface area contributed by atoms with Gasteiger partial charge in [-0.2, -0.15) is 0 Å². The fourth-order valence-electron chi connectivity index (χ4n) is 3.29. The third kappa shape index (κ3) is 4.81. The zero-order chi connectivity index (χ0) is 19.3. The molecular weight excluding hydrogens is 390 g/mol. The summed E-state index contributed by atoms with van der Waals surface area (Å²) in [5, 5.41) is 12.7. The number of thioether (sulfide) groups is 1. The van der Waals surface area contributed by atoms with Crippen LogP contribution in [0.1, 0.15) is 18.9 Å². The number of carbonyl (C=O) groups excluding carboxylic acids is 1. The number of aromatic amines is 1. The molecule has 28 heavy (non-hydrogen) atoms. The molecule has 4 rings (SSSR count). The van der Waals surface area contributed by atoms with Crippen LogP contribution in [0.15, 0.2) is 53.0 Å². The third-order valence-corrected chi connectivity index (χ3v) is 6.58. The van der Waals surface area contributed by atoms with E-state index >= 15 is 0 Å². The lowest BCUT2D eigenvalue weighted by molar-refractivity contribution is -0.120. The summed E-state index contributed by atoms with van der Waals surface area (Å²) in [6.07, 6.45) is 0.985. The number of rotatable bonds is 7. The number of likely N-dealkylation sites (tertiary alicyclic amines) is 1. The Morgan fingerprint density at radius 2 is 2.21 bits per heavy atom. The Labute approximate surface area is 172 Å². The Kier molecular flexibility index (Phi) is 6.09. The highest BCUT2D eigenvalue weighted by Crippen LogP contribution is 2.25. The van der Waals surface area contributed by atoms with Crippen molar-refractivity contribution in [3.63, 3.8) is 0 Å². The number of aromatic nitrogens is 3. The first-order valence-corrected chi connectivity index (χ1v) is 11.1. The molecule has 2 atom stereocenters. The van der Waals surface area contributed by atoms with Gasteiger partial charge in [0.1, 0.15) is 0 Å². The summed E-state index contributed by atoms with van der Waals surface area (Å²) in [6, 6.07) is 14.6. The zero-order valence-electron chi connectivity index (χ0n) is 15.7. The number of hydrogen-bond acceptors (Lipinski definition) is 6. The van der Waals surface area contributed by atoms with Crippen LogP contribution in [-0.2, 0) is 11.3 Å². The first-order valence-electron chi connectivity index (χ1n) is 9.37. The first kappa shape index (κ1) is 19.2. The quantitative estimate of drug-likeness (QED) is 0.581.